The summed E-state index contributed by atoms with van der Waals surface area (Å²) in [4.78, 5) is 12.3. The molecule has 1 nitrogen and oxygen atoms in total. The summed E-state index contributed by atoms with van der Waals surface area (Å²) < 4.78 is 0. The predicted molar refractivity (Wildman–Crippen MR) is 69.4 cm³/mol. The molecule has 1 fully saturated rings. The molecule has 0 aromatic carbocycles. The third-order valence-electron chi connectivity index (χ3n) is 3.76. The minimum Gasteiger partial charge on any atom is -0.299 e. The van der Waals surface area contributed by atoms with Crippen LogP contribution in [0.4, 0.5) is 0 Å². The number of carbonyl (C=O) groups is 1. The Morgan fingerprint density at radius 3 is 2.50 bits per heavy atom. The molecule has 1 heteroatoms. The molecule has 0 N–H and O–H groups in total. The Balaban J connectivity index is 2.54. The Morgan fingerprint density at radius 2 is 2.00 bits per heavy atom. The van der Waals surface area contributed by atoms with Crippen LogP contribution in [-0.2, 0) is 4.79 Å². The second-order valence-electron chi connectivity index (χ2n) is 5.69. The number of unbranched alkanes of at least 4 members (excludes halogenated alkanes) is 1. The molecule has 0 unspecified atom stereocenters. The number of allylic oxidation sites excluding steroid dienone is 1. The zero-order chi connectivity index (χ0) is 12.0. The van der Waals surface area contributed by atoms with Crippen molar-refractivity contribution in [2.75, 3.05) is 0 Å². The van der Waals surface area contributed by atoms with Crippen molar-refractivity contribution < 1.29 is 4.79 Å². The number of hydrogen-bond acceptors (Lipinski definition) is 1. The molecule has 0 radical (unpaired) electrons. The van der Waals surface area contributed by atoms with Crippen molar-refractivity contribution in [3.05, 3.63) is 12.7 Å². The van der Waals surface area contributed by atoms with Gasteiger partial charge < -0.3 is 0 Å². The average molecular weight is 222 g/mol. The van der Waals surface area contributed by atoms with Crippen LogP contribution in [0.3, 0.4) is 0 Å². The SMILES string of the molecule is C=CCCCC(=O)C1(CC(C)C)CCCC1. The van der Waals surface area contributed by atoms with Crippen LogP contribution >= 0.6 is 0 Å². The summed E-state index contributed by atoms with van der Waals surface area (Å²) in [6.07, 6.45) is 10.5. The van der Waals surface area contributed by atoms with Gasteiger partial charge in [0.25, 0.3) is 0 Å². The quantitative estimate of drug-likeness (QED) is 0.457. The van der Waals surface area contributed by atoms with Crippen molar-refractivity contribution >= 4 is 5.78 Å². The first-order valence-corrected chi connectivity index (χ1v) is 6.75. The van der Waals surface area contributed by atoms with Crippen molar-refractivity contribution in [3.63, 3.8) is 0 Å². The van der Waals surface area contributed by atoms with Crippen LogP contribution in [0.25, 0.3) is 0 Å². The highest BCUT2D eigenvalue weighted by atomic mass is 16.1. The third-order valence-corrected chi connectivity index (χ3v) is 3.76. The molecule has 0 atom stereocenters. The first kappa shape index (κ1) is 13.5. The lowest BCUT2D eigenvalue weighted by Gasteiger charge is -2.29. The maximum atomic E-state index is 12.3. The molecule has 0 amide bonds. The van der Waals surface area contributed by atoms with E-state index in [0.717, 1.165) is 38.5 Å². The molecule has 0 aromatic heterocycles. The van der Waals surface area contributed by atoms with Gasteiger partial charge in [-0.1, -0.05) is 32.8 Å². The van der Waals surface area contributed by atoms with Crippen LogP contribution in [0, 0.1) is 11.3 Å². The van der Waals surface area contributed by atoms with Gasteiger partial charge in [-0.2, -0.15) is 0 Å². The fourth-order valence-electron chi connectivity index (χ4n) is 3.10. The first-order chi connectivity index (χ1) is 7.60. The van der Waals surface area contributed by atoms with Gasteiger partial charge in [0.1, 0.15) is 5.78 Å². The molecule has 0 aliphatic heterocycles. The lowest BCUT2D eigenvalue weighted by molar-refractivity contribution is -0.129. The largest absolute Gasteiger partial charge is 0.299 e. The average Bonchev–Trinajstić information content (AvgIpc) is 2.67. The molecule has 0 bridgehead atoms. The molecule has 92 valence electrons. The lowest BCUT2D eigenvalue weighted by Crippen LogP contribution is -2.29. The van der Waals surface area contributed by atoms with Crippen LogP contribution in [0.2, 0.25) is 0 Å². The highest BCUT2D eigenvalue weighted by Gasteiger charge is 2.40. The van der Waals surface area contributed by atoms with Crippen molar-refractivity contribution in [3.8, 4) is 0 Å². The number of Topliss-reactive ketones (excluding diaryl/α,β-unsaturated/α-hetero) is 1. The van der Waals surface area contributed by atoms with E-state index in [0.29, 0.717) is 11.7 Å². The van der Waals surface area contributed by atoms with Crippen LogP contribution in [-0.4, -0.2) is 5.78 Å². The van der Waals surface area contributed by atoms with Gasteiger partial charge in [-0.05, 0) is 38.0 Å². The fourth-order valence-corrected chi connectivity index (χ4v) is 3.10. The van der Waals surface area contributed by atoms with E-state index in [2.05, 4.69) is 20.4 Å². The molecule has 1 aliphatic rings. The molecular weight excluding hydrogens is 196 g/mol. The van der Waals surface area contributed by atoms with E-state index >= 15 is 0 Å². The maximum absolute atomic E-state index is 12.3. The van der Waals surface area contributed by atoms with E-state index in [-0.39, 0.29) is 5.41 Å². The normalized spacial score (nSPS) is 18.9. The van der Waals surface area contributed by atoms with Gasteiger partial charge in [0.15, 0.2) is 0 Å². The molecule has 0 saturated heterocycles. The van der Waals surface area contributed by atoms with Crippen molar-refractivity contribution in [1.82, 2.24) is 0 Å². The lowest BCUT2D eigenvalue weighted by atomic mass is 9.74. The van der Waals surface area contributed by atoms with Crippen molar-refractivity contribution in [2.24, 2.45) is 11.3 Å². The van der Waals surface area contributed by atoms with Gasteiger partial charge in [0, 0.05) is 11.8 Å². The predicted octanol–water partition coefficient (Wildman–Crippen LogP) is 4.52. The zero-order valence-corrected chi connectivity index (χ0v) is 10.9. The molecular formula is C15H26O. The Hall–Kier alpha value is -0.590. The number of carbonyl (C=O) groups excluding carboxylic acids is 1. The molecule has 0 heterocycles. The monoisotopic (exact) mass is 222 g/mol. The fraction of sp³-hybridized carbons (Fsp3) is 0.800. The van der Waals surface area contributed by atoms with Gasteiger partial charge in [-0.3, -0.25) is 4.79 Å². The molecule has 1 rings (SSSR count). The third kappa shape index (κ3) is 3.47. The van der Waals surface area contributed by atoms with E-state index in [4.69, 9.17) is 0 Å². The van der Waals surface area contributed by atoms with Crippen LogP contribution < -0.4 is 0 Å². The van der Waals surface area contributed by atoms with E-state index in [1.807, 2.05) is 6.08 Å². The van der Waals surface area contributed by atoms with Crippen LogP contribution in [0.15, 0.2) is 12.7 Å². The summed E-state index contributed by atoms with van der Waals surface area (Å²) >= 11 is 0. The van der Waals surface area contributed by atoms with E-state index in [9.17, 15) is 4.79 Å². The molecule has 0 aromatic rings. The van der Waals surface area contributed by atoms with Gasteiger partial charge in [0.05, 0.1) is 0 Å². The van der Waals surface area contributed by atoms with Gasteiger partial charge in [0.2, 0.25) is 0 Å². The molecule has 1 saturated carbocycles. The second-order valence-corrected chi connectivity index (χ2v) is 5.69. The summed E-state index contributed by atoms with van der Waals surface area (Å²) in [5, 5.41) is 0. The summed E-state index contributed by atoms with van der Waals surface area (Å²) in [6.45, 7) is 8.18. The highest BCUT2D eigenvalue weighted by molar-refractivity contribution is 5.85. The summed E-state index contributed by atoms with van der Waals surface area (Å²) in [7, 11) is 0. The van der Waals surface area contributed by atoms with Gasteiger partial charge in [-0.15, -0.1) is 6.58 Å². The standard InChI is InChI=1S/C15H26O/c1-4-5-6-9-14(16)15(12-13(2)3)10-7-8-11-15/h4,13H,1,5-12H2,2-3H3. The van der Waals surface area contributed by atoms with Crippen molar-refractivity contribution in [1.29, 1.82) is 0 Å². The van der Waals surface area contributed by atoms with E-state index in [1.54, 1.807) is 0 Å². The summed E-state index contributed by atoms with van der Waals surface area (Å²) in [6, 6.07) is 0. The zero-order valence-electron chi connectivity index (χ0n) is 10.9. The molecule has 0 spiro atoms. The summed E-state index contributed by atoms with van der Waals surface area (Å²) in [5.74, 6) is 1.17. The van der Waals surface area contributed by atoms with E-state index in [1.165, 1.54) is 12.8 Å². The van der Waals surface area contributed by atoms with Crippen LogP contribution in [0.5, 0.6) is 0 Å². The Kier molecular flexibility index (Phi) is 5.24. The van der Waals surface area contributed by atoms with E-state index < -0.39 is 0 Å². The Bertz CT molecular complexity index is 234. The number of hydrogen-bond donors (Lipinski definition) is 0. The van der Waals surface area contributed by atoms with Gasteiger partial charge >= 0.3 is 0 Å². The molecule has 1 aliphatic carbocycles. The Labute approximate surface area is 100 Å². The molecule has 16 heavy (non-hydrogen) atoms. The highest BCUT2D eigenvalue weighted by Crippen LogP contribution is 2.44. The minimum absolute atomic E-state index is 0.0509. The maximum Gasteiger partial charge on any atom is 0.139 e. The Morgan fingerprint density at radius 1 is 1.38 bits per heavy atom. The first-order valence-electron chi connectivity index (χ1n) is 6.75. The van der Waals surface area contributed by atoms with Gasteiger partial charge in [-0.25, -0.2) is 0 Å². The second kappa shape index (κ2) is 6.22. The van der Waals surface area contributed by atoms with Crippen LogP contribution in [0.1, 0.15) is 65.2 Å². The minimum atomic E-state index is 0.0509. The summed E-state index contributed by atoms with van der Waals surface area (Å²) in [5.41, 5.74) is 0.0509. The number of ketones is 1. The van der Waals surface area contributed by atoms with Crippen molar-refractivity contribution in [2.45, 2.75) is 65.2 Å². The number of rotatable bonds is 7. The topological polar surface area (TPSA) is 17.1 Å². The smallest absolute Gasteiger partial charge is 0.139 e.